The van der Waals surface area contributed by atoms with Crippen molar-refractivity contribution < 1.29 is 0 Å². The van der Waals surface area contributed by atoms with Crippen LogP contribution in [-0.4, -0.2) is 18.0 Å². The standard InChI is InChI=1S/C15H24N2/c1-12(13-8-10-14(16)11-9-13)17(2)15-6-4-3-5-7-15/h8-12,15H,3-7,16H2,1-2H3. The van der Waals surface area contributed by atoms with E-state index in [0.717, 1.165) is 11.7 Å². The summed E-state index contributed by atoms with van der Waals surface area (Å²) in [5, 5.41) is 0. The number of hydrogen-bond acceptors (Lipinski definition) is 2. The zero-order chi connectivity index (χ0) is 12.3. The lowest BCUT2D eigenvalue weighted by molar-refractivity contribution is 0.146. The highest BCUT2D eigenvalue weighted by Gasteiger charge is 2.22. The Kier molecular flexibility index (Phi) is 4.06. The SMILES string of the molecule is CC(c1ccc(N)cc1)N(C)C1CCCCC1. The van der Waals surface area contributed by atoms with Crippen molar-refractivity contribution in [1.29, 1.82) is 0 Å². The van der Waals surface area contributed by atoms with Gasteiger partial charge in [0.05, 0.1) is 0 Å². The second kappa shape index (κ2) is 5.54. The highest BCUT2D eigenvalue weighted by atomic mass is 15.2. The van der Waals surface area contributed by atoms with Crippen molar-refractivity contribution in [2.45, 2.75) is 51.1 Å². The van der Waals surface area contributed by atoms with Gasteiger partial charge < -0.3 is 5.73 Å². The van der Waals surface area contributed by atoms with Crippen molar-refractivity contribution in [3.8, 4) is 0 Å². The summed E-state index contributed by atoms with van der Waals surface area (Å²) in [4.78, 5) is 2.53. The quantitative estimate of drug-likeness (QED) is 0.807. The number of hydrogen-bond donors (Lipinski definition) is 1. The summed E-state index contributed by atoms with van der Waals surface area (Å²) in [5.74, 6) is 0. The lowest BCUT2D eigenvalue weighted by Crippen LogP contribution is -2.35. The number of nitrogens with zero attached hydrogens (tertiary/aromatic N) is 1. The lowest BCUT2D eigenvalue weighted by atomic mass is 9.93. The van der Waals surface area contributed by atoms with Gasteiger partial charge in [0.1, 0.15) is 0 Å². The van der Waals surface area contributed by atoms with Gasteiger partial charge in [0.2, 0.25) is 0 Å². The van der Waals surface area contributed by atoms with Crippen LogP contribution in [0.5, 0.6) is 0 Å². The average molecular weight is 232 g/mol. The molecule has 0 amide bonds. The van der Waals surface area contributed by atoms with Crippen LogP contribution in [0, 0.1) is 0 Å². The molecule has 17 heavy (non-hydrogen) atoms. The molecule has 0 bridgehead atoms. The fraction of sp³-hybridized carbons (Fsp3) is 0.600. The Balaban J connectivity index is 2.02. The lowest BCUT2D eigenvalue weighted by Gasteiger charge is -2.35. The molecule has 2 N–H and O–H groups in total. The first-order valence-corrected chi connectivity index (χ1v) is 6.76. The minimum Gasteiger partial charge on any atom is -0.399 e. The fourth-order valence-electron chi connectivity index (χ4n) is 2.81. The van der Waals surface area contributed by atoms with E-state index in [-0.39, 0.29) is 0 Å². The summed E-state index contributed by atoms with van der Waals surface area (Å²) in [5.41, 5.74) is 7.95. The van der Waals surface area contributed by atoms with Gasteiger partial charge in [-0.3, -0.25) is 4.90 Å². The van der Waals surface area contributed by atoms with E-state index in [1.807, 2.05) is 12.1 Å². The normalized spacial score (nSPS) is 19.5. The van der Waals surface area contributed by atoms with Crippen LogP contribution in [0.3, 0.4) is 0 Å². The molecule has 0 aliphatic heterocycles. The predicted octanol–water partition coefficient (Wildman–Crippen LogP) is 3.59. The number of benzene rings is 1. The Labute approximate surface area is 105 Å². The molecule has 94 valence electrons. The van der Waals surface area contributed by atoms with E-state index in [1.165, 1.54) is 37.7 Å². The Morgan fingerprint density at radius 2 is 1.71 bits per heavy atom. The zero-order valence-electron chi connectivity index (χ0n) is 11.0. The Morgan fingerprint density at radius 3 is 2.29 bits per heavy atom. The minimum atomic E-state index is 0.485. The van der Waals surface area contributed by atoms with Crippen LogP contribution in [0.1, 0.15) is 50.6 Å². The molecule has 0 heterocycles. The van der Waals surface area contributed by atoms with Crippen LogP contribution >= 0.6 is 0 Å². The number of nitrogen functional groups attached to an aromatic ring is 1. The number of nitrogens with two attached hydrogens (primary N) is 1. The third kappa shape index (κ3) is 3.01. The Bertz CT molecular complexity index is 338. The molecule has 2 rings (SSSR count). The van der Waals surface area contributed by atoms with Gasteiger partial charge in [-0.25, -0.2) is 0 Å². The van der Waals surface area contributed by atoms with Gasteiger partial charge in [0.25, 0.3) is 0 Å². The van der Waals surface area contributed by atoms with Crippen LogP contribution < -0.4 is 5.73 Å². The van der Waals surface area contributed by atoms with Crippen LogP contribution in [0.2, 0.25) is 0 Å². The molecule has 1 aromatic carbocycles. The molecular formula is C15H24N2. The summed E-state index contributed by atoms with van der Waals surface area (Å²) < 4.78 is 0. The molecule has 2 nitrogen and oxygen atoms in total. The van der Waals surface area contributed by atoms with E-state index in [9.17, 15) is 0 Å². The maximum Gasteiger partial charge on any atom is 0.0319 e. The maximum absolute atomic E-state index is 5.73. The molecule has 1 fully saturated rings. The van der Waals surface area contributed by atoms with E-state index >= 15 is 0 Å². The maximum atomic E-state index is 5.73. The van der Waals surface area contributed by atoms with Crippen molar-refractivity contribution in [2.24, 2.45) is 0 Å². The van der Waals surface area contributed by atoms with Gasteiger partial charge in [-0.1, -0.05) is 31.4 Å². The van der Waals surface area contributed by atoms with E-state index in [0.29, 0.717) is 6.04 Å². The highest BCUT2D eigenvalue weighted by molar-refractivity contribution is 5.40. The second-order valence-electron chi connectivity index (χ2n) is 5.30. The Morgan fingerprint density at radius 1 is 1.12 bits per heavy atom. The zero-order valence-corrected chi connectivity index (χ0v) is 11.0. The molecule has 1 atom stereocenters. The first-order valence-electron chi connectivity index (χ1n) is 6.76. The van der Waals surface area contributed by atoms with Crippen LogP contribution in [0.25, 0.3) is 0 Å². The molecule has 0 spiro atoms. The number of anilines is 1. The average Bonchev–Trinajstić information content (AvgIpc) is 2.39. The van der Waals surface area contributed by atoms with Gasteiger partial charge in [0.15, 0.2) is 0 Å². The Hall–Kier alpha value is -1.02. The smallest absolute Gasteiger partial charge is 0.0319 e. The van der Waals surface area contributed by atoms with Crippen molar-refractivity contribution >= 4 is 5.69 Å². The van der Waals surface area contributed by atoms with Gasteiger partial charge in [-0.05, 0) is 44.5 Å². The van der Waals surface area contributed by atoms with Crippen molar-refractivity contribution in [1.82, 2.24) is 4.90 Å². The topological polar surface area (TPSA) is 29.3 Å². The van der Waals surface area contributed by atoms with Gasteiger partial charge in [-0.2, -0.15) is 0 Å². The summed E-state index contributed by atoms with van der Waals surface area (Å²) in [6, 6.07) is 9.55. The van der Waals surface area contributed by atoms with Gasteiger partial charge in [-0.15, -0.1) is 0 Å². The minimum absolute atomic E-state index is 0.485. The predicted molar refractivity (Wildman–Crippen MR) is 73.9 cm³/mol. The monoisotopic (exact) mass is 232 g/mol. The molecule has 1 aromatic rings. The van der Waals surface area contributed by atoms with Gasteiger partial charge in [0, 0.05) is 17.8 Å². The molecule has 0 aromatic heterocycles. The van der Waals surface area contributed by atoms with E-state index in [2.05, 4.69) is 31.0 Å². The second-order valence-corrected chi connectivity index (χ2v) is 5.30. The molecule has 2 heteroatoms. The first kappa shape index (κ1) is 12.4. The van der Waals surface area contributed by atoms with Crippen LogP contribution in [0.4, 0.5) is 5.69 Å². The first-order chi connectivity index (χ1) is 8.18. The summed E-state index contributed by atoms with van der Waals surface area (Å²) >= 11 is 0. The van der Waals surface area contributed by atoms with E-state index < -0.39 is 0 Å². The molecule has 1 aliphatic rings. The van der Waals surface area contributed by atoms with Crippen molar-refractivity contribution in [3.05, 3.63) is 29.8 Å². The highest BCUT2D eigenvalue weighted by Crippen LogP contribution is 2.28. The van der Waals surface area contributed by atoms with Crippen LogP contribution in [-0.2, 0) is 0 Å². The van der Waals surface area contributed by atoms with E-state index in [4.69, 9.17) is 5.73 Å². The molecule has 1 aliphatic carbocycles. The largest absolute Gasteiger partial charge is 0.399 e. The molecule has 1 saturated carbocycles. The summed E-state index contributed by atoms with van der Waals surface area (Å²) in [7, 11) is 2.26. The van der Waals surface area contributed by atoms with Crippen molar-refractivity contribution in [2.75, 3.05) is 12.8 Å². The molecule has 0 radical (unpaired) electrons. The van der Waals surface area contributed by atoms with E-state index in [1.54, 1.807) is 0 Å². The summed E-state index contributed by atoms with van der Waals surface area (Å²) in [6.07, 6.45) is 6.92. The summed E-state index contributed by atoms with van der Waals surface area (Å²) in [6.45, 7) is 2.29. The third-order valence-electron chi connectivity index (χ3n) is 4.18. The number of rotatable bonds is 3. The van der Waals surface area contributed by atoms with Crippen molar-refractivity contribution in [3.63, 3.8) is 0 Å². The fourth-order valence-corrected chi connectivity index (χ4v) is 2.81. The third-order valence-corrected chi connectivity index (χ3v) is 4.18. The molecule has 0 saturated heterocycles. The van der Waals surface area contributed by atoms with Crippen LogP contribution in [0.15, 0.2) is 24.3 Å². The molecular weight excluding hydrogens is 208 g/mol. The van der Waals surface area contributed by atoms with Gasteiger partial charge >= 0.3 is 0 Å². The molecule has 1 unspecified atom stereocenters.